The van der Waals surface area contributed by atoms with Crippen LogP contribution in [0.5, 0.6) is 0 Å². The predicted octanol–water partition coefficient (Wildman–Crippen LogP) is 21.4. The average molecular weight is 1180 g/mol. The van der Waals surface area contributed by atoms with E-state index in [9.17, 15) is 0 Å². The molecule has 4 unspecified atom stereocenters. The van der Waals surface area contributed by atoms with Crippen molar-refractivity contribution in [2.75, 3.05) is 19.6 Å². The van der Waals surface area contributed by atoms with E-state index in [1.54, 1.807) is 0 Å². The smallest absolute Gasteiger partial charge is 0.252 e. The number of benzene rings is 8. The normalized spacial score (nSPS) is 22.9. The van der Waals surface area contributed by atoms with Crippen LogP contribution in [0.4, 0.5) is 56.9 Å². The first-order valence-corrected chi connectivity index (χ1v) is 34.0. The van der Waals surface area contributed by atoms with Gasteiger partial charge in [0.25, 0.3) is 6.71 Å². The van der Waals surface area contributed by atoms with Gasteiger partial charge in [0.15, 0.2) is 0 Å². The van der Waals surface area contributed by atoms with E-state index in [-0.39, 0.29) is 55.7 Å². The highest BCUT2D eigenvalue weighted by atomic mass is 15.3. The molecule has 0 amide bonds. The first-order valence-electron chi connectivity index (χ1n) is 34.0. The molecule has 0 aromatic heterocycles. The first kappa shape index (κ1) is 59.6. The van der Waals surface area contributed by atoms with E-state index in [0.29, 0.717) is 0 Å². The van der Waals surface area contributed by atoms with Crippen LogP contribution in [0, 0.1) is 0 Å². The Bertz CT molecular complexity index is 4120. The average Bonchev–Trinajstić information content (AvgIpc) is 1.38. The van der Waals surface area contributed by atoms with Crippen LogP contribution in [-0.2, 0) is 37.9 Å². The van der Waals surface area contributed by atoms with Crippen molar-refractivity contribution in [3.05, 3.63) is 197 Å². The van der Waals surface area contributed by atoms with Crippen molar-refractivity contribution < 1.29 is 0 Å². The lowest BCUT2D eigenvalue weighted by atomic mass is 9.33. The molecule has 4 atom stereocenters. The van der Waals surface area contributed by atoms with Crippen LogP contribution < -0.4 is 36.0 Å². The van der Waals surface area contributed by atoms with Gasteiger partial charge in [-0.05, 0) is 212 Å². The maximum Gasteiger partial charge on any atom is 0.252 e. The zero-order chi connectivity index (χ0) is 63.1. The van der Waals surface area contributed by atoms with Crippen molar-refractivity contribution in [1.29, 1.82) is 0 Å². The Kier molecular flexibility index (Phi) is 13.2. The number of nitrogens with zero attached hydrogens (tertiary/aromatic N) is 4. The zero-order valence-electron chi connectivity index (χ0n) is 57.5. The SMILES string of the molecule is CC(C)(C)c1ccc(-c2ccc3c(c2)C2(C)CCCCC2(C)N3c2cc3c4c(c2)N(c2ccc(C(C)(C)C)cc2)c2ccc(C(C)(C)C)cc2B4c2cc(N4c5ccc(C(C)(C)C)cc5C5(C)CCCCC45C)ccc2N3c2ccc(C(C)(C)C)cc2)cc1. The van der Waals surface area contributed by atoms with Crippen LogP contribution in [0.25, 0.3) is 11.1 Å². The molecule has 0 saturated heterocycles. The molecule has 0 N–H and O–H groups in total. The lowest BCUT2D eigenvalue weighted by Gasteiger charge is -2.51. The van der Waals surface area contributed by atoms with Gasteiger partial charge in [0.1, 0.15) is 0 Å². The fourth-order valence-corrected chi connectivity index (χ4v) is 17.6. The molecule has 0 bridgehead atoms. The van der Waals surface area contributed by atoms with Crippen LogP contribution in [0.2, 0.25) is 0 Å². The lowest BCUT2D eigenvalue weighted by molar-refractivity contribution is 0.195. The first-order chi connectivity index (χ1) is 41.7. The Morgan fingerprint density at radius 3 is 1.12 bits per heavy atom. The standard InChI is InChI=1S/C84H99BN4/c1-76(2,3)56-27-24-54(25-28-56)55-26-40-69-65(48-55)81(16)44-20-23-47-84(81,19)89(69)64-52-73-75-74(53-64)87(62-37-31-58(32-38-62)78(7,8)9)72-43-39-63(88-70-41-33-59(79(10,11)12)49-66(70)82(17)45-21-22-46-83(82,88)18)51-68(72)85(75)67-50-60(80(13,14)15)34-42-71(67)86(73)61-35-29-57(30-36-61)77(4,5)6/h24-43,48-53H,20-23,44-47H2,1-19H3. The van der Waals surface area contributed by atoms with E-state index in [1.807, 2.05) is 0 Å². The fraction of sp³-hybridized carbons (Fsp3) is 0.429. The molecule has 4 heterocycles. The van der Waals surface area contributed by atoms with E-state index in [0.717, 1.165) is 19.3 Å². The van der Waals surface area contributed by atoms with Gasteiger partial charge in [-0.15, -0.1) is 0 Å². The monoisotopic (exact) mass is 1170 g/mol. The van der Waals surface area contributed by atoms with E-state index in [4.69, 9.17) is 0 Å². The maximum absolute atomic E-state index is 2.84. The number of hydrogen-bond acceptors (Lipinski definition) is 4. The second-order valence-corrected chi connectivity index (χ2v) is 34.2. The summed E-state index contributed by atoms with van der Waals surface area (Å²) in [6.45, 7) is 45.6. The van der Waals surface area contributed by atoms with Crippen LogP contribution >= 0.6 is 0 Å². The molecule has 89 heavy (non-hydrogen) atoms. The van der Waals surface area contributed by atoms with E-state index < -0.39 is 0 Å². The van der Waals surface area contributed by atoms with Crippen molar-refractivity contribution in [3.8, 4) is 11.1 Å². The molecule has 4 nitrogen and oxygen atoms in total. The van der Waals surface area contributed by atoms with Gasteiger partial charge in [-0.1, -0.05) is 222 Å². The van der Waals surface area contributed by atoms with E-state index in [2.05, 4.69) is 309 Å². The maximum atomic E-state index is 2.84. The summed E-state index contributed by atoms with van der Waals surface area (Å²) in [5.41, 5.74) is 28.8. The molecule has 2 fully saturated rings. The molecule has 4 aliphatic heterocycles. The summed E-state index contributed by atoms with van der Waals surface area (Å²) in [5, 5.41) is 0. The molecule has 0 spiro atoms. The van der Waals surface area contributed by atoms with E-state index in [1.165, 1.54) is 155 Å². The second kappa shape index (κ2) is 19.8. The number of anilines is 10. The lowest BCUT2D eigenvalue weighted by Crippen LogP contribution is -2.62. The molecular formula is C84H99BN4. The van der Waals surface area contributed by atoms with Crippen LogP contribution in [0.3, 0.4) is 0 Å². The Hall–Kier alpha value is -6.98. The van der Waals surface area contributed by atoms with Crippen molar-refractivity contribution in [1.82, 2.24) is 0 Å². The van der Waals surface area contributed by atoms with Gasteiger partial charge in [-0.2, -0.15) is 0 Å². The predicted molar refractivity (Wildman–Crippen MR) is 385 cm³/mol. The molecule has 8 aromatic carbocycles. The van der Waals surface area contributed by atoms with Gasteiger partial charge in [0.2, 0.25) is 0 Å². The highest BCUT2D eigenvalue weighted by molar-refractivity contribution is 7.00. The van der Waals surface area contributed by atoms with Crippen molar-refractivity contribution in [2.24, 2.45) is 0 Å². The van der Waals surface area contributed by atoms with Crippen LogP contribution in [0.1, 0.15) is 222 Å². The number of hydrogen-bond donors (Lipinski definition) is 0. The summed E-state index contributed by atoms with van der Waals surface area (Å²) in [4.78, 5) is 11.0. The van der Waals surface area contributed by atoms with Gasteiger partial charge in [0.05, 0.1) is 11.1 Å². The molecule has 6 aliphatic rings. The van der Waals surface area contributed by atoms with Gasteiger partial charge in [-0.3, -0.25) is 0 Å². The van der Waals surface area contributed by atoms with Crippen molar-refractivity contribution in [3.63, 3.8) is 0 Å². The Balaban J connectivity index is 1.06. The summed E-state index contributed by atoms with van der Waals surface area (Å²) in [6, 6.07) is 64.2. The summed E-state index contributed by atoms with van der Waals surface area (Å²) >= 11 is 0. The molecule has 2 saturated carbocycles. The number of rotatable bonds is 5. The largest absolute Gasteiger partial charge is 0.334 e. The van der Waals surface area contributed by atoms with Gasteiger partial charge in [0, 0.05) is 67.7 Å². The Labute approximate surface area is 536 Å². The van der Waals surface area contributed by atoms with Gasteiger partial charge < -0.3 is 19.6 Å². The van der Waals surface area contributed by atoms with Crippen LogP contribution in [0.15, 0.2) is 158 Å². The Morgan fingerprint density at radius 1 is 0.303 bits per heavy atom. The van der Waals surface area contributed by atoms with Gasteiger partial charge in [-0.25, -0.2) is 0 Å². The molecular weight excluding hydrogens is 1080 g/mol. The minimum Gasteiger partial charge on any atom is -0.334 e. The molecule has 458 valence electrons. The van der Waals surface area contributed by atoms with Crippen LogP contribution in [-0.4, -0.2) is 17.8 Å². The highest BCUT2D eigenvalue weighted by Crippen LogP contribution is 2.64. The molecule has 8 aromatic rings. The molecule has 14 rings (SSSR count). The van der Waals surface area contributed by atoms with E-state index >= 15 is 0 Å². The molecule has 0 radical (unpaired) electrons. The third-order valence-corrected chi connectivity index (χ3v) is 23.6. The zero-order valence-corrected chi connectivity index (χ0v) is 57.5. The molecule has 5 heteroatoms. The topological polar surface area (TPSA) is 13.0 Å². The summed E-state index contributed by atoms with van der Waals surface area (Å²) in [6.07, 6.45) is 9.51. The third kappa shape index (κ3) is 9.01. The molecule has 2 aliphatic carbocycles. The Morgan fingerprint density at radius 2 is 0.652 bits per heavy atom. The fourth-order valence-electron chi connectivity index (χ4n) is 17.6. The summed E-state index contributed by atoms with van der Waals surface area (Å²) < 4.78 is 0. The second-order valence-electron chi connectivity index (χ2n) is 34.2. The highest BCUT2D eigenvalue weighted by Gasteiger charge is 2.60. The summed E-state index contributed by atoms with van der Waals surface area (Å²) in [5.74, 6) is 0. The van der Waals surface area contributed by atoms with Crippen molar-refractivity contribution in [2.45, 2.75) is 232 Å². The minimum atomic E-state index is -0.194. The minimum absolute atomic E-state index is 0.000697. The van der Waals surface area contributed by atoms with Crippen molar-refractivity contribution >= 4 is 80.0 Å². The number of fused-ring (bicyclic) bond motifs is 10. The van der Waals surface area contributed by atoms with Gasteiger partial charge >= 0.3 is 0 Å². The quantitative estimate of drug-likeness (QED) is 0.159. The summed E-state index contributed by atoms with van der Waals surface area (Å²) in [7, 11) is 0. The third-order valence-electron chi connectivity index (χ3n) is 23.6.